The molecule has 1 aromatic rings. The molecule has 0 aromatic heterocycles. The fourth-order valence-corrected chi connectivity index (χ4v) is 7.53. The van der Waals surface area contributed by atoms with E-state index in [0.29, 0.717) is 29.1 Å². The summed E-state index contributed by atoms with van der Waals surface area (Å²) in [6.45, 7) is 7.32. The summed E-state index contributed by atoms with van der Waals surface area (Å²) in [4.78, 5) is 55.2. The van der Waals surface area contributed by atoms with E-state index in [0.717, 1.165) is 19.3 Å². The summed E-state index contributed by atoms with van der Waals surface area (Å²) in [6, 6.07) is 5.87. The Labute approximate surface area is 201 Å². The third kappa shape index (κ3) is 3.83. The Kier molecular flexibility index (Phi) is 5.37. The number of amides is 4. The standard InChI is InChI=1S/C27H35N3O4/c1-16(31)28-20-5-7-21(8-6-20)29-23(32)12-22(24(29)33)30(26(2,3)4)25(34)27-13-17-9-18(14-27)11-19(10-17)15-27/h5-8,17-19,22H,9-15H2,1-4H3,(H,28,31). The van der Waals surface area contributed by atoms with Crippen LogP contribution in [0.1, 0.15) is 72.6 Å². The Morgan fingerprint density at radius 3 is 1.97 bits per heavy atom. The average Bonchev–Trinajstić information content (AvgIpc) is 3.00. The van der Waals surface area contributed by atoms with Gasteiger partial charge in [0, 0.05) is 18.2 Å². The molecule has 0 radical (unpaired) electrons. The minimum absolute atomic E-state index is 0.00164. The predicted octanol–water partition coefficient (Wildman–Crippen LogP) is 4.12. The number of carbonyl (C=O) groups excluding carboxylic acids is 4. The van der Waals surface area contributed by atoms with E-state index >= 15 is 0 Å². The molecule has 1 atom stereocenters. The van der Waals surface area contributed by atoms with Crippen molar-refractivity contribution < 1.29 is 19.2 Å². The van der Waals surface area contributed by atoms with E-state index in [1.165, 1.54) is 31.1 Å². The fraction of sp³-hybridized carbons (Fsp3) is 0.630. The number of nitrogens with zero attached hydrogens (tertiary/aromatic N) is 2. The summed E-state index contributed by atoms with van der Waals surface area (Å²) in [5, 5.41) is 2.69. The van der Waals surface area contributed by atoms with Gasteiger partial charge in [0.1, 0.15) is 6.04 Å². The second-order valence-electron chi connectivity index (χ2n) is 12.1. The SMILES string of the molecule is CC(=O)Nc1ccc(N2C(=O)CC(N(C(=O)C34CC5CC(CC(C5)C3)C4)C(C)(C)C)C2=O)cc1. The molecule has 4 amide bonds. The summed E-state index contributed by atoms with van der Waals surface area (Å²) in [6.07, 6.45) is 6.50. The topological polar surface area (TPSA) is 86.8 Å². The van der Waals surface area contributed by atoms with Gasteiger partial charge in [-0.05, 0) is 101 Å². The molecule has 182 valence electrons. The van der Waals surface area contributed by atoms with E-state index in [1.54, 1.807) is 29.2 Å². The largest absolute Gasteiger partial charge is 0.326 e. The minimum atomic E-state index is -0.789. The lowest BCUT2D eigenvalue weighted by Crippen LogP contribution is -2.62. The maximum Gasteiger partial charge on any atom is 0.257 e. The van der Waals surface area contributed by atoms with Crippen molar-refractivity contribution in [2.24, 2.45) is 23.2 Å². The number of rotatable bonds is 4. The second kappa shape index (κ2) is 7.92. The molecule has 34 heavy (non-hydrogen) atoms. The van der Waals surface area contributed by atoms with Crippen LogP contribution in [-0.2, 0) is 19.2 Å². The molecule has 1 heterocycles. The lowest BCUT2D eigenvalue weighted by molar-refractivity contribution is -0.167. The van der Waals surface area contributed by atoms with Crippen LogP contribution >= 0.6 is 0 Å². The molecule has 1 aromatic carbocycles. The van der Waals surface area contributed by atoms with Crippen molar-refractivity contribution in [3.8, 4) is 0 Å². The van der Waals surface area contributed by atoms with E-state index in [9.17, 15) is 19.2 Å². The van der Waals surface area contributed by atoms with Crippen molar-refractivity contribution in [1.82, 2.24) is 4.90 Å². The molecule has 1 aliphatic heterocycles. The molecule has 5 aliphatic rings. The monoisotopic (exact) mass is 465 g/mol. The van der Waals surface area contributed by atoms with Gasteiger partial charge in [-0.25, -0.2) is 4.90 Å². The third-order valence-corrected chi connectivity index (χ3v) is 8.31. The Morgan fingerprint density at radius 2 is 1.50 bits per heavy atom. The molecule has 1 N–H and O–H groups in total. The van der Waals surface area contributed by atoms with Crippen molar-refractivity contribution in [3.05, 3.63) is 24.3 Å². The molecular weight excluding hydrogens is 430 g/mol. The number of nitrogens with one attached hydrogen (secondary N) is 1. The summed E-state index contributed by atoms with van der Waals surface area (Å²) in [7, 11) is 0. The molecule has 5 fully saturated rings. The molecule has 0 spiro atoms. The van der Waals surface area contributed by atoms with Crippen molar-refractivity contribution in [2.75, 3.05) is 10.2 Å². The molecule has 6 rings (SSSR count). The Morgan fingerprint density at radius 1 is 0.971 bits per heavy atom. The van der Waals surface area contributed by atoms with Crippen molar-refractivity contribution in [2.45, 2.75) is 84.2 Å². The Bertz CT molecular complexity index is 1000. The number of carbonyl (C=O) groups is 4. The van der Waals surface area contributed by atoms with E-state index in [2.05, 4.69) is 5.32 Å². The molecule has 1 saturated heterocycles. The van der Waals surface area contributed by atoms with Crippen LogP contribution in [0.2, 0.25) is 0 Å². The smallest absolute Gasteiger partial charge is 0.257 e. The average molecular weight is 466 g/mol. The van der Waals surface area contributed by atoms with Gasteiger partial charge in [-0.15, -0.1) is 0 Å². The number of anilines is 2. The summed E-state index contributed by atoms with van der Waals surface area (Å²) in [5.41, 5.74) is 0.105. The van der Waals surface area contributed by atoms with E-state index in [-0.39, 0.29) is 35.5 Å². The van der Waals surface area contributed by atoms with Gasteiger partial charge < -0.3 is 10.2 Å². The quantitative estimate of drug-likeness (QED) is 0.678. The van der Waals surface area contributed by atoms with Gasteiger partial charge in [0.2, 0.25) is 17.7 Å². The van der Waals surface area contributed by atoms with Crippen LogP contribution in [0.15, 0.2) is 24.3 Å². The van der Waals surface area contributed by atoms with Gasteiger partial charge in [-0.1, -0.05) is 0 Å². The van der Waals surface area contributed by atoms with Crippen LogP contribution in [0, 0.1) is 23.2 Å². The van der Waals surface area contributed by atoms with E-state index < -0.39 is 11.6 Å². The van der Waals surface area contributed by atoms with Crippen molar-refractivity contribution in [3.63, 3.8) is 0 Å². The van der Waals surface area contributed by atoms with Gasteiger partial charge in [0.05, 0.1) is 17.5 Å². The van der Waals surface area contributed by atoms with Crippen LogP contribution < -0.4 is 10.2 Å². The summed E-state index contributed by atoms with van der Waals surface area (Å²) < 4.78 is 0. The van der Waals surface area contributed by atoms with Crippen LogP contribution in [0.25, 0.3) is 0 Å². The van der Waals surface area contributed by atoms with Gasteiger partial charge in [0.25, 0.3) is 5.91 Å². The first kappa shape index (κ1) is 23.1. The maximum absolute atomic E-state index is 14.3. The zero-order chi connectivity index (χ0) is 24.4. The summed E-state index contributed by atoms with van der Waals surface area (Å²) in [5.74, 6) is 1.11. The first-order valence-electron chi connectivity index (χ1n) is 12.5. The molecule has 7 heteroatoms. The fourth-order valence-electron chi connectivity index (χ4n) is 7.53. The van der Waals surface area contributed by atoms with Crippen molar-refractivity contribution >= 4 is 35.0 Å². The highest BCUT2D eigenvalue weighted by atomic mass is 16.2. The highest BCUT2D eigenvalue weighted by molar-refractivity contribution is 6.23. The van der Waals surface area contributed by atoms with Gasteiger partial charge in [-0.3, -0.25) is 19.2 Å². The maximum atomic E-state index is 14.3. The molecule has 4 bridgehead atoms. The molecule has 1 unspecified atom stereocenters. The highest BCUT2D eigenvalue weighted by Gasteiger charge is 2.58. The molecule has 7 nitrogen and oxygen atoms in total. The van der Waals surface area contributed by atoms with Gasteiger partial charge in [0.15, 0.2) is 0 Å². The third-order valence-electron chi connectivity index (χ3n) is 8.31. The predicted molar refractivity (Wildman–Crippen MR) is 129 cm³/mol. The Balaban J connectivity index is 1.42. The Hall–Kier alpha value is -2.70. The lowest BCUT2D eigenvalue weighted by Gasteiger charge is -2.58. The van der Waals surface area contributed by atoms with Crippen LogP contribution in [0.3, 0.4) is 0 Å². The highest BCUT2D eigenvalue weighted by Crippen LogP contribution is 2.61. The number of imide groups is 1. The van der Waals surface area contributed by atoms with Gasteiger partial charge >= 0.3 is 0 Å². The van der Waals surface area contributed by atoms with Crippen LogP contribution in [0.5, 0.6) is 0 Å². The van der Waals surface area contributed by atoms with Crippen molar-refractivity contribution in [1.29, 1.82) is 0 Å². The van der Waals surface area contributed by atoms with E-state index in [4.69, 9.17) is 0 Å². The van der Waals surface area contributed by atoms with E-state index in [1.807, 2.05) is 20.8 Å². The number of hydrogen-bond donors (Lipinski definition) is 1. The summed E-state index contributed by atoms with van der Waals surface area (Å²) >= 11 is 0. The molecule has 4 saturated carbocycles. The number of hydrogen-bond acceptors (Lipinski definition) is 4. The zero-order valence-electron chi connectivity index (χ0n) is 20.6. The number of benzene rings is 1. The zero-order valence-corrected chi connectivity index (χ0v) is 20.6. The second-order valence-corrected chi connectivity index (χ2v) is 12.1. The lowest BCUT2D eigenvalue weighted by atomic mass is 9.49. The van der Waals surface area contributed by atoms with Crippen LogP contribution in [0.4, 0.5) is 11.4 Å². The molecular formula is C27H35N3O4. The van der Waals surface area contributed by atoms with Gasteiger partial charge in [-0.2, -0.15) is 0 Å². The minimum Gasteiger partial charge on any atom is -0.326 e. The molecule has 4 aliphatic carbocycles. The normalized spacial score (nSPS) is 32.3. The first-order chi connectivity index (χ1) is 16.0. The first-order valence-corrected chi connectivity index (χ1v) is 12.5. The van der Waals surface area contributed by atoms with Crippen LogP contribution in [-0.4, -0.2) is 40.1 Å².